The fourth-order valence-electron chi connectivity index (χ4n) is 3.03. The van der Waals surface area contributed by atoms with Gasteiger partial charge in [0.1, 0.15) is 5.69 Å². The number of rotatable bonds is 5. The molecule has 0 fully saturated rings. The van der Waals surface area contributed by atoms with Crippen molar-refractivity contribution in [2.24, 2.45) is 0 Å². The minimum Gasteiger partial charge on any atom is -0.481 e. The number of para-hydroxylation sites is 1. The zero-order valence-electron chi connectivity index (χ0n) is 15.0. The first kappa shape index (κ1) is 17.5. The van der Waals surface area contributed by atoms with Crippen LogP contribution < -0.4 is 15.4 Å². The topological polar surface area (TPSA) is 111 Å². The molecule has 2 aromatic carbocycles. The van der Waals surface area contributed by atoms with Gasteiger partial charge in [-0.05, 0) is 30.7 Å². The smallest absolute Gasteiger partial charge is 0.296 e. The normalized spacial score (nSPS) is 12.7. The molecule has 0 unspecified atom stereocenters. The van der Waals surface area contributed by atoms with Gasteiger partial charge in [-0.2, -0.15) is 5.10 Å². The van der Waals surface area contributed by atoms with E-state index in [9.17, 15) is 14.9 Å². The van der Waals surface area contributed by atoms with E-state index in [1.54, 1.807) is 4.68 Å². The first-order valence-electron chi connectivity index (χ1n) is 8.61. The molecule has 0 radical (unpaired) electrons. The number of nitro groups is 1. The van der Waals surface area contributed by atoms with Crippen molar-refractivity contribution >= 4 is 23.0 Å². The second-order valence-electron chi connectivity index (χ2n) is 6.34. The van der Waals surface area contributed by atoms with Gasteiger partial charge < -0.3 is 15.4 Å². The number of benzene rings is 2. The molecular formula is C19H17N5O4. The van der Waals surface area contributed by atoms with Crippen LogP contribution in [0.15, 0.2) is 48.7 Å². The summed E-state index contributed by atoms with van der Waals surface area (Å²) in [5, 5.41) is 21.7. The van der Waals surface area contributed by atoms with Crippen molar-refractivity contribution in [3.05, 3.63) is 70.0 Å². The van der Waals surface area contributed by atoms with E-state index < -0.39 is 4.92 Å². The number of nitrogens with zero attached hydrogens (tertiary/aromatic N) is 3. The van der Waals surface area contributed by atoms with Gasteiger partial charge in [0.2, 0.25) is 0 Å². The fraction of sp³-hybridized carbons (Fsp3) is 0.158. The van der Waals surface area contributed by atoms with Crippen molar-refractivity contribution < 1.29 is 14.5 Å². The summed E-state index contributed by atoms with van der Waals surface area (Å²) in [7, 11) is 0. The molecule has 0 bridgehead atoms. The number of ether oxygens (including phenoxy) is 1. The summed E-state index contributed by atoms with van der Waals surface area (Å²) in [4.78, 5) is 22.5. The molecule has 9 nitrogen and oxygen atoms in total. The lowest BCUT2D eigenvalue weighted by Gasteiger charge is -2.19. The average Bonchev–Trinajstić information content (AvgIpc) is 3.11. The van der Waals surface area contributed by atoms with E-state index in [1.165, 1.54) is 12.1 Å². The maximum atomic E-state index is 11.5. The minimum absolute atomic E-state index is 0.123. The highest BCUT2D eigenvalue weighted by Gasteiger charge is 2.23. The van der Waals surface area contributed by atoms with Crippen LogP contribution in [0.2, 0.25) is 0 Å². The van der Waals surface area contributed by atoms with Gasteiger partial charge in [0.05, 0.1) is 28.1 Å². The molecule has 28 heavy (non-hydrogen) atoms. The summed E-state index contributed by atoms with van der Waals surface area (Å²) < 4.78 is 7.03. The van der Waals surface area contributed by atoms with Crippen LogP contribution in [0, 0.1) is 17.0 Å². The van der Waals surface area contributed by atoms with Crippen LogP contribution in [-0.4, -0.2) is 27.2 Å². The Morgan fingerprint density at radius 1 is 1.32 bits per heavy atom. The summed E-state index contributed by atoms with van der Waals surface area (Å²) in [5.41, 5.74) is 3.26. The first-order chi connectivity index (χ1) is 13.5. The number of anilines is 2. The number of amides is 1. The first-order valence-corrected chi connectivity index (χ1v) is 8.61. The third-order valence-electron chi connectivity index (χ3n) is 4.36. The van der Waals surface area contributed by atoms with Gasteiger partial charge in [0.15, 0.2) is 12.4 Å². The van der Waals surface area contributed by atoms with Crippen LogP contribution in [-0.2, 0) is 11.3 Å². The number of fused-ring (bicyclic) bond motifs is 1. The maximum absolute atomic E-state index is 11.5. The third kappa shape index (κ3) is 3.37. The molecule has 4 rings (SSSR count). The zero-order valence-corrected chi connectivity index (χ0v) is 15.0. The molecule has 1 aromatic heterocycles. The zero-order chi connectivity index (χ0) is 19.7. The summed E-state index contributed by atoms with van der Waals surface area (Å²) in [6, 6.07) is 12.4. The van der Waals surface area contributed by atoms with E-state index in [-0.39, 0.29) is 24.0 Å². The van der Waals surface area contributed by atoms with Crippen molar-refractivity contribution in [3.8, 4) is 11.4 Å². The number of nitrogens with one attached hydrogen (secondary N) is 2. The Balaban J connectivity index is 1.65. The molecule has 142 valence electrons. The molecule has 2 heterocycles. The molecule has 0 saturated heterocycles. The number of carbonyl (C=O) groups excluding carboxylic acids is 1. The number of nitro benzene ring substituents is 1. The van der Waals surface area contributed by atoms with E-state index in [0.717, 1.165) is 16.9 Å². The van der Waals surface area contributed by atoms with Gasteiger partial charge in [-0.15, -0.1) is 0 Å². The molecule has 1 aliphatic rings. The quantitative estimate of drug-likeness (QED) is 0.521. The Morgan fingerprint density at radius 2 is 2.14 bits per heavy atom. The summed E-state index contributed by atoms with van der Waals surface area (Å²) in [5.74, 6) is -0.0176. The molecule has 3 aromatic rings. The number of hydrogen-bond acceptors (Lipinski definition) is 6. The molecule has 1 aliphatic heterocycles. The molecule has 0 saturated carbocycles. The summed E-state index contributed by atoms with van der Waals surface area (Å²) >= 11 is 0. The Hall–Kier alpha value is -3.88. The Bertz CT molecular complexity index is 1080. The fourth-order valence-corrected chi connectivity index (χ4v) is 3.03. The lowest BCUT2D eigenvalue weighted by atomic mass is 10.1. The highest BCUT2D eigenvalue weighted by molar-refractivity contribution is 5.96. The van der Waals surface area contributed by atoms with Crippen LogP contribution in [0.4, 0.5) is 17.1 Å². The van der Waals surface area contributed by atoms with E-state index in [0.29, 0.717) is 17.9 Å². The molecule has 1 amide bonds. The van der Waals surface area contributed by atoms with E-state index in [2.05, 4.69) is 15.7 Å². The van der Waals surface area contributed by atoms with Crippen molar-refractivity contribution in [1.82, 2.24) is 9.78 Å². The van der Waals surface area contributed by atoms with Crippen molar-refractivity contribution in [3.63, 3.8) is 0 Å². The SMILES string of the molecule is Cc1ccn(-c2ccccc2CNc2cc3c(cc2[N+](=O)[O-])OCC(=O)N3)n1. The molecule has 2 N–H and O–H groups in total. The predicted octanol–water partition coefficient (Wildman–Crippen LogP) is 3.03. The van der Waals surface area contributed by atoms with Gasteiger partial charge in [-0.1, -0.05) is 18.2 Å². The Morgan fingerprint density at radius 3 is 2.89 bits per heavy atom. The standard InChI is InChI=1S/C19H17N5O4/c1-12-6-7-23(22-12)16-5-3-2-4-13(16)10-20-14-8-15-18(9-17(14)24(26)27)28-11-19(25)21-15/h2-9,20H,10-11H2,1H3,(H,21,25). The van der Waals surface area contributed by atoms with Crippen LogP contribution in [0.5, 0.6) is 5.75 Å². The molecule has 9 heteroatoms. The van der Waals surface area contributed by atoms with E-state index >= 15 is 0 Å². The average molecular weight is 379 g/mol. The molecule has 0 spiro atoms. The Kier molecular flexibility index (Phi) is 4.40. The largest absolute Gasteiger partial charge is 0.481 e. The lowest BCUT2D eigenvalue weighted by Crippen LogP contribution is -2.25. The van der Waals surface area contributed by atoms with Gasteiger partial charge >= 0.3 is 0 Å². The van der Waals surface area contributed by atoms with Gasteiger partial charge in [0.25, 0.3) is 11.6 Å². The minimum atomic E-state index is -0.481. The highest BCUT2D eigenvalue weighted by Crippen LogP contribution is 2.38. The predicted molar refractivity (Wildman–Crippen MR) is 103 cm³/mol. The van der Waals surface area contributed by atoms with Gasteiger partial charge in [-0.3, -0.25) is 14.9 Å². The van der Waals surface area contributed by atoms with Crippen LogP contribution >= 0.6 is 0 Å². The van der Waals surface area contributed by atoms with Crippen LogP contribution in [0.3, 0.4) is 0 Å². The van der Waals surface area contributed by atoms with Crippen molar-refractivity contribution in [2.45, 2.75) is 13.5 Å². The number of aryl methyl sites for hydroxylation is 1. The lowest BCUT2D eigenvalue weighted by molar-refractivity contribution is -0.384. The van der Waals surface area contributed by atoms with E-state index in [4.69, 9.17) is 4.74 Å². The van der Waals surface area contributed by atoms with Gasteiger partial charge in [0, 0.05) is 12.7 Å². The maximum Gasteiger partial charge on any atom is 0.296 e. The molecule has 0 atom stereocenters. The summed E-state index contributed by atoms with van der Waals surface area (Å²) in [6.07, 6.45) is 1.86. The van der Waals surface area contributed by atoms with Crippen LogP contribution in [0.1, 0.15) is 11.3 Å². The van der Waals surface area contributed by atoms with Gasteiger partial charge in [-0.25, -0.2) is 4.68 Å². The number of carbonyl (C=O) groups is 1. The van der Waals surface area contributed by atoms with Crippen LogP contribution in [0.25, 0.3) is 5.69 Å². The third-order valence-corrected chi connectivity index (χ3v) is 4.36. The van der Waals surface area contributed by atoms with Crippen molar-refractivity contribution in [1.29, 1.82) is 0 Å². The number of aromatic nitrogens is 2. The second kappa shape index (κ2) is 7.03. The monoisotopic (exact) mass is 379 g/mol. The molecular weight excluding hydrogens is 362 g/mol. The summed E-state index contributed by atoms with van der Waals surface area (Å²) in [6.45, 7) is 2.08. The number of hydrogen-bond donors (Lipinski definition) is 2. The highest BCUT2D eigenvalue weighted by atomic mass is 16.6. The Labute approximate surface area is 160 Å². The molecule has 0 aliphatic carbocycles. The second-order valence-corrected chi connectivity index (χ2v) is 6.34. The van der Waals surface area contributed by atoms with Crippen molar-refractivity contribution in [2.75, 3.05) is 17.2 Å². The van der Waals surface area contributed by atoms with E-state index in [1.807, 2.05) is 43.5 Å².